The third-order valence-corrected chi connectivity index (χ3v) is 6.41. The van der Waals surface area contributed by atoms with Crippen LogP contribution in [-0.2, 0) is 22.7 Å². The van der Waals surface area contributed by atoms with Gasteiger partial charge in [-0.1, -0.05) is 77.4 Å². The summed E-state index contributed by atoms with van der Waals surface area (Å²) in [4.78, 5) is 21.2. The van der Waals surface area contributed by atoms with E-state index in [1.165, 1.54) is 5.56 Å². The SMILES string of the molecule is O=C(COCc1ccccc1)N1CCN(Cc2ccc(-c3noc(-c4cccc(Cl)c4)n3)cc2)CC1. The monoisotopic (exact) mass is 502 g/mol. The standard InChI is InChI=1S/C28H27ClN4O3/c29-25-8-4-7-24(17-25)28-30-27(31-36-28)23-11-9-21(10-12-23)18-32-13-15-33(16-14-32)26(34)20-35-19-22-5-2-1-3-6-22/h1-12,17H,13-16,18-20H2. The Morgan fingerprint density at radius 1 is 0.889 bits per heavy atom. The van der Waals surface area contributed by atoms with Crippen LogP contribution in [0.15, 0.2) is 83.4 Å². The number of benzene rings is 3. The molecule has 7 nitrogen and oxygen atoms in total. The molecule has 1 aliphatic heterocycles. The normalized spacial score (nSPS) is 14.2. The predicted molar refractivity (Wildman–Crippen MR) is 138 cm³/mol. The van der Waals surface area contributed by atoms with Crippen LogP contribution < -0.4 is 0 Å². The van der Waals surface area contributed by atoms with Gasteiger partial charge < -0.3 is 14.2 Å². The van der Waals surface area contributed by atoms with Crippen LogP contribution in [0.25, 0.3) is 22.8 Å². The van der Waals surface area contributed by atoms with E-state index >= 15 is 0 Å². The van der Waals surface area contributed by atoms with E-state index in [2.05, 4.69) is 27.2 Å². The first kappa shape index (κ1) is 24.2. The van der Waals surface area contributed by atoms with E-state index in [9.17, 15) is 4.79 Å². The van der Waals surface area contributed by atoms with Gasteiger partial charge in [-0.05, 0) is 29.3 Å². The Balaban J connectivity index is 1.09. The van der Waals surface area contributed by atoms with Crippen LogP contribution in [0.1, 0.15) is 11.1 Å². The molecule has 1 saturated heterocycles. The molecule has 0 aliphatic carbocycles. The number of piperazine rings is 1. The van der Waals surface area contributed by atoms with Crippen molar-refractivity contribution in [2.24, 2.45) is 0 Å². The van der Waals surface area contributed by atoms with Crippen molar-refractivity contribution in [1.29, 1.82) is 0 Å². The van der Waals surface area contributed by atoms with Crippen LogP contribution in [-0.4, -0.2) is 58.6 Å². The second kappa shape index (κ2) is 11.5. The Bertz CT molecular complexity index is 1290. The summed E-state index contributed by atoms with van der Waals surface area (Å²) >= 11 is 6.06. The summed E-state index contributed by atoms with van der Waals surface area (Å²) in [5, 5.41) is 4.74. The number of halogens is 1. The number of carbonyl (C=O) groups is 1. The first-order valence-corrected chi connectivity index (χ1v) is 12.3. The molecule has 1 fully saturated rings. The topological polar surface area (TPSA) is 71.7 Å². The predicted octanol–water partition coefficient (Wildman–Crippen LogP) is 4.92. The van der Waals surface area contributed by atoms with E-state index in [-0.39, 0.29) is 12.5 Å². The highest BCUT2D eigenvalue weighted by Crippen LogP contribution is 2.24. The van der Waals surface area contributed by atoms with Crippen molar-refractivity contribution in [2.45, 2.75) is 13.2 Å². The molecule has 0 N–H and O–H groups in total. The molecular formula is C28H27ClN4O3. The highest BCUT2D eigenvalue weighted by atomic mass is 35.5. The average Bonchev–Trinajstić information content (AvgIpc) is 3.41. The number of amides is 1. The van der Waals surface area contributed by atoms with Crippen molar-refractivity contribution in [3.8, 4) is 22.8 Å². The zero-order chi connectivity index (χ0) is 24.7. The Hall–Kier alpha value is -3.52. The number of carbonyl (C=O) groups excluding carboxylic acids is 1. The van der Waals surface area contributed by atoms with Crippen molar-refractivity contribution in [2.75, 3.05) is 32.8 Å². The van der Waals surface area contributed by atoms with Crippen LogP contribution in [0.4, 0.5) is 0 Å². The van der Waals surface area contributed by atoms with Gasteiger partial charge in [-0.15, -0.1) is 0 Å². The molecule has 1 aliphatic rings. The zero-order valence-corrected chi connectivity index (χ0v) is 20.6. The second-order valence-corrected chi connectivity index (χ2v) is 9.20. The Morgan fingerprint density at radius 2 is 1.67 bits per heavy atom. The van der Waals surface area contributed by atoms with Gasteiger partial charge in [0.05, 0.1) is 6.61 Å². The lowest BCUT2D eigenvalue weighted by atomic mass is 10.1. The highest BCUT2D eigenvalue weighted by molar-refractivity contribution is 6.30. The molecular weight excluding hydrogens is 476 g/mol. The summed E-state index contributed by atoms with van der Waals surface area (Å²) in [6.07, 6.45) is 0. The van der Waals surface area contributed by atoms with Gasteiger partial charge in [0.2, 0.25) is 11.7 Å². The van der Waals surface area contributed by atoms with E-state index < -0.39 is 0 Å². The van der Waals surface area contributed by atoms with Crippen molar-refractivity contribution in [3.63, 3.8) is 0 Å². The molecule has 8 heteroatoms. The number of rotatable bonds is 8. The molecule has 0 spiro atoms. The van der Waals surface area contributed by atoms with Crippen LogP contribution in [0.5, 0.6) is 0 Å². The maximum atomic E-state index is 12.5. The van der Waals surface area contributed by atoms with Gasteiger partial charge in [0.25, 0.3) is 5.89 Å². The minimum Gasteiger partial charge on any atom is -0.367 e. The summed E-state index contributed by atoms with van der Waals surface area (Å²) in [6, 6.07) is 25.4. The number of nitrogens with zero attached hydrogens (tertiary/aromatic N) is 4. The second-order valence-electron chi connectivity index (χ2n) is 8.77. The summed E-state index contributed by atoms with van der Waals surface area (Å²) in [5.74, 6) is 1.03. The third kappa shape index (κ3) is 6.18. The van der Waals surface area contributed by atoms with Gasteiger partial charge in [0.1, 0.15) is 6.61 Å². The van der Waals surface area contributed by atoms with Crippen molar-refractivity contribution < 1.29 is 14.1 Å². The average molecular weight is 503 g/mol. The number of aromatic nitrogens is 2. The van der Waals surface area contributed by atoms with Crippen molar-refractivity contribution in [1.82, 2.24) is 19.9 Å². The molecule has 36 heavy (non-hydrogen) atoms. The van der Waals surface area contributed by atoms with E-state index in [1.807, 2.05) is 59.5 Å². The fourth-order valence-electron chi connectivity index (χ4n) is 4.17. The Labute approximate surface area is 215 Å². The summed E-state index contributed by atoms with van der Waals surface area (Å²) in [5.41, 5.74) is 3.95. The summed E-state index contributed by atoms with van der Waals surface area (Å²) in [6.45, 7) is 4.48. The summed E-state index contributed by atoms with van der Waals surface area (Å²) < 4.78 is 11.0. The van der Waals surface area contributed by atoms with Crippen molar-refractivity contribution in [3.05, 3.63) is 95.0 Å². The molecule has 184 valence electrons. The molecule has 1 aromatic heterocycles. The Morgan fingerprint density at radius 3 is 2.42 bits per heavy atom. The van der Waals surface area contributed by atoms with E-state index in [1.54, 1.807) is 12.1 Å². The number of ether oxygens (including phenoxy) is 1. The van der Waals surface area contributed by atoms with E-state index in [4.69, 9.17) is 20.9 Å². The molecule has 3 aromatic carbocycles. The van der Waals surface area contributed by atoms with Gasteiger partial charge in [-0.2, -0.15) is 4.98 Å². The van der Waals surface area contributed by atoms with Gasteiger partial charge in [-0.3, -0.25) is 9.69 Å². The fraction of sp³-hybridized carbons (Fsp3) is 0.250. The maximum Gasteiger partial charge on any atom is 0.258 e. The lowest BCUT2D eigenvalue weighted by Crippen LogP contribution is -2.49. The number of hydrogen-bond donors (Lipinski definition) is 0. The van der Waals surface area contributed by atoms with Gasteiger partial charge in [0.15, 0.2) is 0 Å². The third-order valence-electron chi connectivity index (χ3n) is 6.18. The molecule has 0 bridgehead atoms. The van der Waals surface area contributed by atoms with Gasteiger partial charge >= 0.3 is 0 Å². The minimum absolute atomic E-state index is 0.0483. The van der Waals surface area contributed by atoms with E-state index in [0.29, 0.717) is 36.4 Å². The van der Waals surface area contributed by atoms with Crippen LogP contribution in [0, 0.1) is 0 Å². The number of hydrogen-bond acceptors (Lipinski definition) is 6. The van der Waals surface area contributed by atoms with Crippen LogP contribution in [0.3, 0.4) is 0 Å². The van der Waals surface area contributed by atoms with Gasteiger partial charge in [-0.25, -0.2) is 0 Å². The highest BCUT2D eigenvalue weighted by Gasteiger charge is 2.21. The van der Waals surface area contributed by atoms with Crippen LogP contribution >= 0.6 is 11.6 Å². The smallest absolute Gasteiger partial charge is 0.258 e. The molecule has 0 radical (unpaired) electrons. The molecule has 4 aromatic rings. The van der Waals surface area contributed by atoms with E-state index in [0.717, 1.165) is 36.3 Å². The first-order chi connectivity index (χ1) is 17.6. The molecule has 0 atom stereocenters. The summed E-state index contributed by atoms with van der Waals surface area (Å²) in [7, 11) is 0. The quantitative estimate of drug-likeness (QED) is 0.340. The zero-order valence-electron chi connectivity index (χ0n) is 19.8. The Kier molecular flexibility index (Phi) is 7.71. The van der Waals surface area contributed by atoms with Crippen molar-refractivity contribution >= 4 is 17.5 Å². The van der Waals surface area contributed by atoms with Gasteiger partial charge in [0, 0.05) is 48.9 Å². The lowest BCUT2D eigenvalue weighted by molar-refractivity contribution is -0.138. The maximum absolute atomic E-state index is 12.5. The molecule has 0 saturated carbocycles. The largest absolute Gasteiger partial charge is 0.367 e. The lowest BCUT2D eigenvalue weighted by Gasteiger charge is -2.34. The molecule has 1 amide bonds. The molecule has 0 unspecified atom stereocenters. The minimum atomic E-state index is 0.0483. The first-order valence-electron chi connectivity index (χ1n) is 11.9. The fourth-order valence-corrected chi connectivity index (χ4v) is 4.36. The molecule has 2 heterocycles. The molecule has 5 rings (SSSR count). The van der Waals surface area contributed by atoms with Crippen LogP contribution in [0.2, 0.25) is 5.02 Å².